The number of nitrogens with zero attached hydrogens (tertiary/aromatic N) is 1. The summed E-state index contributed by atoms with van der Waals surface area (Å²) in [6.07, 6.45) is 2.61. The van der Waals surface area contributed by atoms with Gasteiger partial charge in [0, 0.05) is 17.9 Å². The number of hydrogen-bond donors (Lipinski definition) is 2. The Kier molecular flexibility index (Phi) is 3.67. The maximum absolute atomic E-state index is 5.65. The lowest BCUT2D eigenvalue weighted by Gasteiger charge is -2.29. The molecule has 1 aliphatic heterocycles. The second-order valence-corrected chi connectivity index (χ2v) is 4.75. The quantitative estimate of drug-likeness (QED) is 0.764. The van der Waals surface area contributed by atoms with E-state index in [1.807, 2.05) is 24.3 Å². The second-order valence-electron chi connectivity index (χ2n) is 4.75. The molecule has 0 spiro atoms. The van der Waals surface area contributed by atoms with Gasteiger partial charge in [-0.2, -0.15) is 0 Å². The van der Waals surface area contributed by atoms with E-state index in [0.717, 1.165) is 18.2 Å². The van der Waals surface area contributed by atoms with Crippen molar-refractivity contribution in [3.63, 3.8) is 0 Å². The van der Waals surface area contributed by atoms with Gasteiger partial charge in [-0.1, -0.05) is 0 Å². The van der Waals surface area contributed by atoms with Crippen LogP contribution in [0.2, 0.25) is 0 Å². The lowest BCUT2D eigenvalue weighted by molar-refractivity contribution is 0.226. The van der Waals surface area contributed by atoms with E-state index in [-0.39, 0.29) is 0 Å². The molecule has 1 aliphatic rings. The SMILES string of the molecule is CN1CCC(CNc2ccc(N)cc2)CC1. The van der Waals surface area contributed by atoms with Crippen LogP contribution in [0.3, 0.4) is 0 Å². The Hall–Kier alpha value is -1.22. The number of anilines is 2. The third-order valence-corrected chi connectivity index (χ3v) is 3.34. The average molecular weight is 219 g/mol. The Bertz CT molecular complexity index is 312. The van der Waals surface area contributed by atoms with Gasteiger partial charge < -0.3 is 16.0 Å². The van der Waals surface area contributed by atoms with Crippen LogP contribution in [0.5, 0.6) is 0 Å². The molecular formula is C13H21N3. The normalized spacial score (nSPS) is 18.6. The zero-order valence-electron chi connectivity index (χ0n) is 9.95. The Morgan fingerprint density at radius 3 is 2.50 bits per heavy atom. The molecule has 0 aromatic heterocycles. The van der Waals surface area contributed by atoms with Crippen molar-refractivity contribution in [3.05, 3.63) is 24.3 Å². The Balaban J connectivity index is 1.77. The van der Waals surface area contributed by atoms with Gasteiger partial charge in [0.25, 0.3) is 0 Å². The largest absolute Gasteiger partial charge is 0.399 e. The summed E-state index contributed by atoms with van der Waals surface area (Å²) in [5, 5.41) is 3.48. The first-order valence-electron chi connectivity index (χ1n) is 6.02. The molecule has 1 saturated heterocycles. The van der Waals surface area contributed by atoms with Crippen LogP contribution in [0.1, 0.15) is 12.8 Å². The van der Waals surface area contributed by atoms with Gasteiger partial charge in [-0.25, -0.2) is 0 Å². The fourth-order valence-electron chi connectivity index (χ4n) is 2.13. The van der Waals surface area contributed by atoms with E-state index < -0.39 is 0 Å². The number of hydrogen-bond acceptors (Lipinski definition) is 3. The standard InChI is InChI=1S/C13H21N3/c1-16-8-6-11(7-9-16)10-15-13-4-2-12(14)3-5-13/h2-5,11,15H,6-10,14H2,1H3. The Morgan fingerprint density at radius 2 is 1.88 bits per heavy atom. The van der Waals surface area contributed by atoms with Crippen molar-refractivity contribution in [2.75, 3.05) is 37.7 Å². The summed E-state index contributed by atoms with van der Waals surface area (Å²) in [6.45, 7) is 3.54. The number of nitrogens with two attached hydrogens (primary N) is 1. The van der Waals surface area contributed by atoms with Crippen molar-refractivity contribution >= 4 is 11.4 Å². The molecule has 1 heterocycles. The zero-order chi connectivity index (χ0) is 11.4. The van der Waals surface area contributed by atoms with Crippen LogP contribution < -0.4 is 11.1 Å². The highest BCUT2D eigenvalue weighted by Gasteiger charge is 2.15. The maximum atomic E-state index is 5.65. The lowest BCUT2D eigenvalue weighted by atomic mass is 9.97. The first-order valence-corrected chi connectivity index (χ1v) is 6.02. The third kappa shape index (κ3) is 3.14. The molecule has 2 rings (SSSR count). The zero-order valence-corrected chi connectivity index (χ0v) is 9.95. The fraction of sp³-hybridized carbons (Fsp3) is 0.538. The minimum Gasteiger partial charge on any atom is -0.399 e. The van der Waals surface area contributed by atoms with E-state index in [0.29, 0.717) is 0 Å². The van der Waals surface area contributed by atoms with Crippen LogP contribution >= 0.6 is 0 Å². The molecule has 0 atom stereocenters. The Labute approximate surface area is 97.6 Å². The number of piperidine rings is 1. The Morgan fingerprint density at radius 1 is 1.25 bits per heavy atom. The molecular weight excluding hydrogens is 198 g/mol. The first kappa shape index (κ1) is 11.3. The lowest BCUT2D eigenvalue weighted by Crippen LogP contribution is -2.32. The highest BCUT2D eigenvalue weighted by atomic mass is 15.1. The van der Waals surface area contributed by atoms with E-state index in [9.17, 15) is 0 Å². The molecule has 16 heavy (non-hydrogen) atoms. The smallest absolute Gasteiger partial charge is 0.0341 e. The second kappa shape index (κ2) is 5.21. The molecule has 0 saturated carbocycles. The van der Waals surface area contributed by atoms with Crippen LogP contribution in [0.4, 0.5) is 11.4 Å². The van der Waals surface area contributed by atoms with Crippen LogP contribution in [0.25, 0.3) is 0 Å². The van der Waals surface area contributed by atoms with Gasteiger partial charge in [-0.05, 0) is 63.2 Å². The van der Waals surface area contributed by atoms with Gasteiger partial charge in [-0.15, -0.1) is 0 Å². The summed E-state index contributed by atoms with van der Waals surface area (Å²) in [4.78, 5) is 2.40. The van der Waals surface area contributed by atoms with E-state index in [4.69, 9.17) is 5.73 Å². The first-order chi connectivity index (χ1) is 7.74. The van der Waals surface area contributed by atoms with Crippen LogP contribution in [0.15, 0.2) is 24.3 Å². The molecule has 0 aliphatic carbocycles. The van der Waals surface area contributed by atoms with E-state index in [1.54, 1.807) is 0 Å². The third-order valence-electron chi connectivity index (χ3n) is 3.34. The molecule has 0 radical (unpaired) electrons. The molecule has 88 valence electrons. The summed E-state index contributed by atoms with van der Waals surface area (Å²) in [7, 11) is 2.20. The number of nitrogen functional groups attached to an aromatic ring is 1. The number of benzene rings is 1. The molecule has 1 aromatic carbocycles. The highest BCUT2D eigenvalue weighted by Crippen LogP contribution is 2.17. The highest BCUT2D eigenvalue weighted by molar-refractivity contribution is 5.51. The van der Waals surface area contributed by atoms with E-state index in [1.165, 1.54) is 31.6 Å². The van der Waals surface area contributed by atoms with E-state index in [2.05, 4.69) is 17.3 Å². The summed E-state index contributed by atoms with van der Waals surface area (Å²) in [6, 6.07) is 7.97. The summed E-state index contributed by atoms with van der Waals surface area (Å²) < 4.78 is 0. The summed E-state index contributed by atoms with van der Waals surface area (Å²) in [5.41, 5.74) is 7.65. The minimum absolute atomic E-state index is 0.814. The predicted octanol–water partition coefficient (Wildman–Crippen LogP) is 2.02. The average Bonchev–Trinajstić information content (AvgIpc) is 2.30. The molecule has 0 amide bonds. The molecule has 3 nitrogen and oxygen atoms in total. The van der Waals surface area contributed by atoms with Gasteiger partial charge in [0.2, 0.25) is 0 Å². The van der Waals surface area contributed by atoms with Gasteiger partial charge in [0.15, 0.2) is 0 Å². The van der Waals surface area contributed by atoms with Crippen molar-refractivity contribution in [1.29, 1.82) is 0 Å². The van der Waals surface area contributed by atoms with Crippen molar-refractivity contribution < 1.29 is 0 Å². The van der Waals surface area contributed by atoms with Crippen LogP contribution in [0, 0.1) is 5.92 Å². The van der Waals surface area contributed by atoms with Gasteiger partial charge in [0.1, 0.15) is 0 Å². The monoisotopic (exact) mass is 219 g/mol. The van der Waals surface area contributed by atoms with Crippen molar-refractivity contribution in [3.8, 4) is 0 Å². The molecule has 1 aromatic rings. The van der Waals surface area contributed by atoms with Crippen molar-refractivity contribution in [2.45, 2.75) is 12.8 Å². The van der Waals surface area contributed by atoms with Gasteiger partial charge in [0.05, 0.1) is 0 Å². The fourth-order valence-corrected chi connectivity index (χ4v) is 2.13. The van der Waals surface area contributed by atoms with E-state index >= 15 is 0 Å². The molecule has 3 N–H and O–H groups in total. The van der Waals surface area contributed by atoms with Gasteiger partial charge >= 0.3 is 0 Å². The number of rotatable bonds is 3. The number of nitrogens with one attached hydrogen (secondary N) is 1. The molecule has 0 unspecified atom stereocenters. The predicted molar refractivity (Wildman–Crippen MR) is 69.6 cm³/mol. The van der Waals surface area contributed by atoms with Gasteiger partial charge in [-0.3, -0.25) is 0 Å². The minimum atomic E-state index is 0.814. The summed E-state index contributed by atoms with van der Waals surface area (Å²) in [5.74, 6) is 0.814. The van der Waals surface area contributed by atoms with Crippen molar-refractivity contribution in [1.82, 2.24) is 4.90 Å². The summed E-state index contributed by atoms with van der Waals surface area (Å²) >= 11 is 0. The molecule has 1 fully saturated rings. The molecule has 3 heteroatoms. The van der Waals surface area contributed by atoms with Crippen molar-refractivity contribution in [2.24, 2.45) is 5.92 Å². The molecule has 0 bridgehead atoms. The number of likely N-dealkylation sites (tertiary alicyclic amines) is 1. The topological polar surface area (TPSA) is 41.3 Å². The van der Waals surface area contributed by atoms with Crippen LogP contribution in [-0.4, -0.2) is 31.6 Å². The maximum Gasteiger partial charge on any atom is 0.0341 e. The van der Waals surface area contributed by atoms with Crippen LogP contribution in [-0.2, 0) is 0 Å².